The molecule has 1 aliphatic rings. The second kappa shape index (κ2) is 10.6. The zero-order chi connectivity index (χ0) is 20.1. The number of piperidine rings is 1. The van der Waals surface area contributed by atoms with Gasteiger partial charge in [-0.15, -0.1) is 24.0 Å². The Labute approximate surface area is 190 Å². The minimum atomic E-state index is 0. The molecule has 0 aliphatic carbocycles. The number of aryl methyl sites for hydroxylation is 2. The Morgan fingerprint density at radius 3 is 2.72 bits per heavy atom. The quantitative estimate of drug-likeness (QED) is 0.369. The number of para-hydroxylation sites is 1. The Kier molecular flexibility index (Phi) is 8.48. The fraction of sp³-hybridized carbons (Fsp3) is 0.476. The van der Waals surface area contributed by atoms with Gasteiger partial charge >= 0.3 is 0 Å². The van der Waals surface area contributed by atoms with Crippen LogP contribution in [0.1, 0.15) is 36.7 Å². The zero-order valence-corrected chi connectivity index (χ0v) is 19.9. The average molecular weight is 510 g/mol. The van der Waals surface area contributed by atoms with Gasteiger partial charge in [-0.05, 0) is 44.9 Å². The smallest absolute Gasteiger partial charge is 0.222 e. The fourth-order valence-electron chi connectivity index (χ4n) is 3.53. The average Bonchev–Trinajstić information content (AvgIpc) is 3.01. The molecule has 2 heterocycles. The Morgan fingerprint density at radius 1 is 1.31 bits per heavy atom. The van der Waals surface area contributed by atoms with Crippen molar-refractivity contribution in [2.75, 3.05) is 20.1 Å². The largest absolute Gasteiger partial charge is 0.357 e. The molecule has 8 heteroatoms. The molecule has 0 saturated carbocycles. The van der Waals surface area contributed by atoms with Gasteiger partial charge in [-0.2, -0.15) is 5.10 Å². The van der Waals surface area contributed by atoms with Crippen molar-refractivity contribution in [2.45, 2.75) is 46.2 Å². The van der Waals surface area contributed by atoms with Crippen LogP contribution in [-0.2, 0) is 11.3 Å². The lowest BCUT2D eigenvalue weighted by atomic mass is 10.1. The van der Waals surface area contributed by atoms with Gasteiger partial charge in [0.15, 0.2) is 5.96 Å². The van der Waals surface area contributed by atoms with Gasteiger partial charge in [0.2, 0.25) is 5.91 Å². The van der Waals surface area contributed by atoms with Crippen LogP contribution in [0, 0.1) is 13.8 Å². The molecule has 2 N–H and O–H groups in total. The second-order valence-electron chi connectivity index (χ2n) is 7.32. The highest BCUT2D eigenvalue weighted by Crippen LogP contribution is 2.18. The van der Waals surface area contributed by atoms with E-state index in [1.54, 1.807) is 4.90 Å². The van der Waals surface area contributed by atoms with Gasteiger partial charge < -0.3 is 15.5 Å². The van der Waals surface area contributed by atoms with E-state index in [2.05, 4.69) is 47.8 Å². The van der Waals surface area contributed by atoms with Gasteiger partial charge in [-0.1, -0.05) is 18.2 Å². The Morgan fingerprint density at radius 2 is 2.07 bits per heavy atom. The normalized spacial score (nSPS) is 17.1. The van der Waals surface area contributed by atoms with Crippen LogP contribution < -0.4 is 10.6 Å². The fourth-order valence-corrected chi connectivity index (χ4v) is 3.53. The molecule has 0 spiro atoms. The standard InChI is InChI=1S/C21H30N6O.HI/c1-5-22-21(24-18-10-11-20(28)26(4)14-18)23-13-17-8-6-7-9-19(17)27-16(3)12-15(2)25-27;/h6-9,12,18H,5,10-11,13-14H2,1-4H3,(H2,22,23,24);1H. The molecule has 1 amide bonds. The number of guanidine groups is 1. The van der Waals surface area contributed by atoms with E-state index in [-0.39, 0.29) is 35.9 Å². The van der Waals surface area contributed by atoms with Crippen LogP contribution in [0.4, 0.5) is 0 Å². The van der Waals surface area contributed by atoms with Crippen molar-refractivity contribution >= 4 is 35.8 Å². The van der Waals surface area contributed by atoms with Crippen molar-refractivity contribution in [3.63, 3.8) is 0 Å². The number of benzene rings is 1. The number of aromatic nitrogens is 2. The molecule has 1 saturated heterocycles. The molecule has 1 unspecified atom stereocenters. The maximum atomic E-state index is 11.7. The van der Waals surface area contributed by atoms with Crippen LogP contribution in [0.15, 0.2) is 35.3 Å². The maximum absolute atomic E-state index is 11.7. The lowest BCUT2D eigenvalue weighted by Gasteiger charge is -2.31. The topological polar surface area (TPSA) is 74.5 Å². The molecule has 3 rings (SSSR count). The molecule has 1 atom stereocenters. The van der Waals surface area contributed by atoms with E-state index in [4.69, 9.17) is 4.99 Å². The summed E-state index contributed by atoms with van der Waals surface area (Å²) in [6, 6.07) is 10.5. The number of carbonyl (C=O) groups is 1. The predicted molar refractivity (Wildman–Crippen MR) is 127 cm³/mol. The third kappa shape index (κ3) is 5.94. The van der Waals surface area contributed by atoms with Gasteiger partial charge in [0.05, 0.1) is 17.9 Å². The maximum Gasteiger partial charge on any atom is 0.222 e. The molecule has 1 aliphatic heterocycles. The molecule has 0 bridgehead atoms. The van der Waals surface area contributed by atoms with Gasteiger partial charge in [0.1, 0.15) is 0 Å². The lowest BCUT2D eigenvalue weighted by molar-refractivity contribution is -0.132. The molecule has 1 aromatic carbocycles. The van der Waals surface area contributed by atoms with E-state index >= 15 is 0 Å². The highest BCUT2D eigenvalue weighted by Gasteiger charge is 2.23. The number of nitrogens with one attached hydrogen (secondary N) is 2. The molecule has 158 valence electrons. The summed E-state index contributed by atoms with van der Waals surface area (Å²) in [6.45, 7) is 8.15. The summed E-state index contributed by atoms with van der Waals surface area (Å²) in [5.74, 6) is 0.984. The third-order valence-electron chi connectivity index (χ3n) is 4.95. The molecular formula is C21H31IN6O. The Bertz CT molecular complexity index is 863. The van der Waals surface area contributed by atoms with Crippen molar-refractivity contribution in [1.82, 2.24) is 25.3 Å². The van der Waals surface area contributed by atoms with Crippen LogP contribution in [-0.4, -0.2) is 52.7 Å². The van der Waals surface area contributed by atoms with Crippen LogP contribution >= 0.6 is 24.0 Å². The van der Waals surface area contributed by atoms with E-state index in [9.17, 15) is 4.79 Å². The number of halogens is 1. The molecule has 2 aromatic rings. The van der Waals surface area contributed by atoms with E-state index in [0.717, 1.165) is 41.6 Å². The summed E-state index contributed by atoms with van der Waals surface area (Å²) in [4.78, 5) is 18.3. The van der Waals surface area contributed by atoms with Crippen molar-refractivity contribution in [1.29, 1.82) is 0 Å². The molecule has 1 aromatic heterocycles. The number of nitrogens with zero attached hydrogens (tertiary/aromatic N) is 4. The van der Waals surface area contributed by atoms with Crippen molar-refractivity contribution in [3.05, 3.63) is 47.3 Å². The number of amides is 1. The number of likely N-dealkylation sites (N-methyl/N-ethyl adjacent to an activating group) is 1. The zero-order valence-electron chi connectivity index (χ0n) is 17.6. The van der Waals surface area contributed by atoms with E-state index < -0.39 is 0 Å². The SMILES string of the molecule is CCNC(=NCc1ccccc1-n1nc(C)cc1C)NC1CCC(=O)N(C)C1.I. The van der Waals surface area contributed by atoms with E-state index in [1.165, 1.54) is 0 Å². The third-order valence-corrected chi connectivity index (χ3v) is 4.95. The van der Waals surface area contributed by atoms with Gasteiger partial charge in [-0.25, -0.2) is 9.67 Å². The lowest BCUT2D eigenvalue weighted by Crippen LogP contribution is -2.51. The Balaban J connectivity index is 0.00000300. The second-order valence-corrected chi connectivity index (χ2v) is 7.32. The summed E-state index contributed by atoms with van der Waals surface area (Å²) in [5, 5.41) is 11.4. The first-order chi connectivity index (χ1) is 13.5. The van der Waals surface area contributed by atoms with Gasteiger partial charge in [0.25, 0.3) is 0 Å². The number of hydrogen-bond donors (Lipinski definition) is 2. The number of likely N-dealkylation sites (tertiary alicyclic amines) is 1. The van der Waals surface area contributed by atoms with Gasteiger partial charge in [0, 0.05) is 38.3 Å². The van der Waals surface area contributed by atoms with Crippen LogP contribution in [0.5, 0.6) is 0 Å². The molecule has 0 radical (unpaired) electrons. The van der Waals surface area contributed by atoms with Crippen molar-refractivity contribution in [2.24, 2.45) is 4.99 Å². The Hall–Kier alpha value is -2.10. The highest BCUT2D eigenvalue weighted by molar-refractivity contribution is 14.0. The summed E-state index contributed by atoms with van der Waals surface area (Å²) < 4.78 is 1.97. The van der Waals surface area contributed by atoms with E-state index in [0.29, 0.717) is 19.5 Å². The van der Waals surface area contributed by atoms with E-state index in [1.807, 2.05) is 30.8 Å². The molecule has 1 fully saturated rings. The summed E-state index contributed by atoms with van der Waals surface area (Å²) >= 11 is 0. The monoisotopic (exact) mass is 510 g/mol. The first-order valence-corrected chi connectivity index (χ1v) is 9.88. The molecular weight excluding hydrogens is 479 g/mol. The minimum absolute atomic E-state index is 0. The summed E-state index contributed by atoms with van der Waals surface area (Å²) in [7, 11) is 1.85. The number of hydrogen-bond acceptors (Lipinski definition) is 3. The van der Waals surface area contributed by atoms with Crippen LogP contribution in [0.25, 0.3) is 5.69 Å². The number of rotatable bonds is 5. The van der Waals surface area contributed by atoms with Crippen LogP contribution in [0.2, 0.25) is 0 Å². The highest BCUT2D eigenvalue weighted by atomic mass is 127. The van der Waals surface area contributed by atoms with Crippen molar-refractivity contribution in [3.8, 4) is 5.69 Å². The number of aliphatic imine (C=N–C) groups is 1. The summed E-state index contributed by atoms with van der Waals surface area (Å²) in [5.41, 5.74) is 4.27. The predicted octanol–water partition coefficient (Wildman–Crippen LogP) is 2.78. The molecule has 7 nitrogen and oxygen atoms in total. The number of carbonyl (C=O) groups excluding carboxylic acids is 1. The van der Waals surface area contributed by atoms with Crippen molar-refractivity contribution < 1.29 is 4.79 Å². The first kappa shape index (κ1) is 23.2. The summed E-state index contributed by atoms with van der Waals surface area (Å²) in [6.07, 6.45) is 1.41. The minimum Gasteiger partial charge on any atom is -0.357 e. The van der Waals surface area contributed by atoms with Crippen LogP contribution in [0.3, 0.4) is 0 Å². The molecule has 29 heavy (non-hydrogen) atoms. The first-order valence-electron chi connectivity index (χ1n) is 9.88. The van der Waals surface area contributed by atoms with Gasteiger partial charge in [-0.3, -0.25) is 4.79 Å².